The zero-order chi connectivity index (χ0) is 24.8. The fourth-order valence-corrected chi connectivity index (χ4v) is 5.84. The quantitative estimate of drug-likeness (QED) is 0.513. The van der Waals surface area contributed by atoms with Crippen LogP contribution in [0.15, 0.2) is 41.4 Å². The molecule has 0 spiro atoms. The fraction of sp³-hybridized carbons (Fsp3) is 0.538. The molecule has 2 aliphatic rings. The lowest BCUT2D eigenvalue weighted by Gasteiger charge is -2.30. The van der Waals surface area contributed by atoms with Gasteiger partial charge in [-0.25, -0.2) is 13.4 Å². The summed E-state index contributed by atoms with van der Waals surface area (Å²) in [6.45, 7) is 7.37. The second-order valence-electron chi connectivity index (χ2n) is 9.99. The van der Waals surface area contributed by atoms with Gasteiger partial charge in [0.05, 0.1) is 22.3 Å². The molecule has 35 heavy (non-hydrogen) atoms. The van der Waals surface area contributed by atoms with Gasteiger partial charge in [-0.15, -0.1) is 0 Å². The van der Waals surface area contributed by atoms with Crippen molar-refractivity contribution in [1.82, 2.24) is 15.6 Å². The van der Waals surface area contributed by atoms with Crippen LogP contribution in [0.5, 0.6) is 0 Å². The minimum atomic E-state index is -3.81. The molecule has 2 aromatic rings. The Kier molecular flexibility index (Phi) is 8.28. The molecule has 190 valence electrons. The summed E-state index contributed by atoms with van der Waals surface area (Å²) in [5.41, 5.74) is 1.79. The number of piperazine rings is 1. The van der Waals surface area contributed by atoms with Crippen molar-refractivity contribution in [2.75, 3.05) is 35.8 Å². The third-order valence-electron chi connectivity index (χ3n) is 6.60. The summed E-state index contributed by atoms with van der Waals surface area (Å²) < 4.78 is 28.7. The van der Waals surface area contributed by atoms with Gasteiger partial charge in [0.25, 0.3) is 15.9 Å². The normalized spacial score (nSPS) is 17.4. The molecule has 0 bridgehead atoms. The van der Waals surface area contributed by atoms with Crippen LogP contribution in [0.3, 0.4) is 0 Å². The van der Waals surface area contributed by atoms with Crippen LogP contribution in [0, 0.1) is 5.92 Å². The minimum Gasteiger partial charge on any atom is -0.353 e. The number of carbonyl (C=O) groups is 1. The molecule has 0 radical (unpaired) electrons. The first kappa shape index (κ1) is 25.4. The number of sulfonamides is 1. The summed E-state index contributed by atoms with van der Waals surface area (Å²) in [7, 11) is -3.81. The highest BCUT2D eigenvalue weighted by Crippen LogP contribution is 2.25. The summed E-state index contributed by atoms with van der Waals surface area (Å²) in [5, 5.41) is 6.47. The third kappa shape index (κ3) is 6.73. The Morgan fingerprint density at radius 3 is 2.46 bits per heavy atom. The van der Waals surface area contributed by atoms with Gasteiger partial charge < -0.3 is 15.5 Å². The number of rotatable bonds is 8. The maximum Gasteiger partial charge on any atom is 0.261 e. The van der Waals surface area contributed by atoms with Crippen molar-refractivity contribution >= 4 is 27.4 Å². The third-order valence-corrected chi connectivity index (χ3v) is 8.00. The van der Waals surface area contributed by atoms with Crippen molar-refractivity contribution in [3.63, 3.8) is 0 Å². The summed E-state index contributed by atoms with van der Waals surface area (Å²) in [4.78, 5) is 20.1. The molecular weight excluding hydrogens is 462 g/mol. The number of pyridine rings is 1. The second kappa shape index (κ2) is 11.4. The van der Waals surface area contributed by atoms with Crippen LogP contribution in [0.1, 0.15) is 61.9 Å². The van der Waals surface area contributed by atoms with E-state index in [9.17, 15) is 13.2 Å². The van der Waals surface area contributed by atoms with Gasteiger partial charge in [-0.1, -0.05) is 45.2 Å². The molecule has 1 aromatic carbocycles. The Morgan fingerprint density at radius 2 is 1.80 bits per heavy atom. The predicted molar refractivity (Wildman–Crippen MR) is 139 cm³/mol. The monoisotopic (exact) mass is 499 g/mol. The number of carbonyl (C=O) groups excluding carboxylic acids is 1. The van der Waals surface area contributed by atoms with E-state index >= 15 is 0 Å². The van der Waals surface area contributed by atoms with E-state index in [0.717, 1.165) is 63.8 Å². The second-order valence-corrected chi connectivity index (χ2v) is 11.7. The number of aromatic nitrogens is 1. The van der Waals surface area contributed by atoms with Gasteiger partial charge in [-0.2, -0.15) is 0 Å². The maximum atomic E-state index is 13.3. The van der Waals surface area contributed by atoms with Crippen LogP contribution in [0.2, 0.25) is 0 Å². The van der Waals surface area contributed by atoms with E-state index in [-0.39, 0.29) is 22.5 Å². The highest BCUT2D eigenvalue weighted by atomic mass is 32.2. The molecular formula is C26H37N5O3S. The van der Waals surface area contributed by atoms with Crippen LogP contribution in [-0.4, -0.2) is 51.5 Å². The van der Waals surface area contributed by atoms with Crippen LogP contribution in [0.25, 0.3) is 0 Å². The topological polar surface area (TPSA) is 103 Å². The Bertz CT molecular complexity index is 1110. The lowest BCUT2D eigenvalue weighted by Crippen LogP contribution is -2.45. The number of hydrogen-bond acceptors (Lipinski definition) is 6. The highest BCUT2D eigenvalue weighted by Gasteiger charge is 2.24. The average molecular weight is 500 g/mol. The molecule has 2 heterocycles. The molecule has 4 rings (SSSR count). The molecule has 3 N–H and O–H groups in total. The van der Waals surface area contributed by atoms with Crippen molar-refractivity contribution in [2.45, 2.75) is 63.3 Å². The van der Waals surface area contributed by atoms with Gasteiger partial charge in [0.15, 0.2) is 0 Å². The van der Waals surface area contributed by atoms with Crippen LogP contribution >= 0.6 is 0 Å². The maximum absolute atomic E-state index is 13.3. The molecule has 1 aliphatic heterocycles. The van der Waals surface area contributed by atoms with Gasteiger partial charge >= 0.3 is 0 Å². The van der Waals surface area contributed by atoms with E-state index < -0.39 is 10.0 Å². The standard InChI is InChI=1S/C26H37N5O3S/c1-19(2)16-20-8-10-23(11-9-20)35(33,34)30-22-17-24(26(32)29-21-6-4-3-5-7-21)25(28-18-22)31-14-12-27-13-15-31/h8-11,17-19,21,27,30H,3-7,12-16H2,1-2H3,(H,29,32). The van der Waals surface area contributed by atoms with Gasteiger partial charge in [0.2, 0.25) is 0 Å². The summed E-state index contributed by atoms with van der Waals surface area (Å²) in [5.74, 6) is 0.895. The average Bonchev–Trinajstić information content (AvgIpc) is 2.85. The van der Waals surface area contributed by atoms with Crippen molar-refractivity contribution in [2.24, 2.45) is 5.92 Å². The molecule has 0 atom stereocenters. The first-order chi connectivity index (χ1) is 16.8. The van der Waals surface area contributed by atoms with Crippen LogP contribution in [0.4, 0.5) is 11.5 Å². The summed E-state index contributed by atoms with van der Waals surface area (Å²) >= 11 is 0. The van der Waals surface area contributed by atoms with Gasteiger partial charge in [0, 0.05) is 32.2 Å². The van der Waals surface area contributed by atoms with Crippen molar-refractivity contribution < 1.29 is 13.2 Å². The van der Waals surface area contributed by atoms with E-state index in [0.29, 0.717) is 17.3 Å². The first-order valence-electron chi connectivity index (χ1n) is 12.7. The van der Waals surface area contributed by atoms with Crippen molar-refractivity contribution in [3.8, 4) is 0 Å². The number of benzene rings is 1. The van der Waals surface area contributed by atoms with Gasteiger partial charge in [0.1, 0.15) is 5.82 Å². The predicted octanol–water partition coefficient (Wildman–Crippen LogP) is 3.55. The Morgan fingerprint density at radius 1 is 1.11 bits per heavy atom. The molecule has 2 fully saturated rings. The van der Waals surface area contributed by atoms with Crippen molar-refractivity contribution in [3.05, 3.63) is 47.7 Å². The summed E-state index contributed by atoms with van der Waals surface area (Å²) in [6.07, 6.45) is 7.77. The van der Waals surface area contributed by atoms with E-state index in [2.05, 4.69) is 39.1 Å². The molecule has 1 saturated heterocycles. The molecule has 1 saturated carbocycles. The largest absolute Gasteiger partial charge is 0.353 e. The van der Waals surface area contributed by atoms with E-state index in [4.69, 9.17) is 0 Å². The molecule has 8 nitrogen and oxygen atoms in total. The van der Waals surface area contributed by atoms with E-state index in [1.54, 1.807) is 18.2 Å². The number of amides is 1. The SMILES string of the molecule is CC(C)Cc1ccc(S(=O)(=O)Nc2cnc(N3CCNCC3)c(C(=O)NC3CCCCC3)c2)cc1. The zero-order valence-corrected chi connectivity index (χ0v) is 21.5. The molecule has 1 aromatic heterocycles. The molecule has 0 unspecified atom stereocenters. The van der Waals surface area contributed by atoms with Gasteiger partial charge in [-0.3, -0.25) is 9.52 Å². The molecule has 1 amide bonds. The van der Waals surface area contributed by atoms with Crippen molar-refractivity contribution in [1.29, 1.82) is 0 Å². The Labute approximate surface area is 209 Å². The Hall–Kier alpha value is -2.65. The van der Waals surface area contributed by atoms with Crippen LogP contribution in [-0.2, 0) is 16.4 Å². The Balaban J connectivity index is 1.57. The smallest absolute Gasteiger partial charge is 0.261 e. The first-order valence-corrected chi connectivity index (χ1v) is 14.2. The lowest BCUT2D eigenvalue weighted by atomic mass is 9.95. The number of hydrogen-bond donors (Lipinski definition) is 3. The highest BCUT2D eigenvalue weighted by molar-refractivity contribution is 7.92. The summed E-state index contributed by atoms with van der Waals surface area (Å²) in [6, 6.07) is 8.72. The van der Waals surface area contributed by atoms with E-state index in [1.807, 2.05) is 12.1 Å². The van der Waals surface area contributed by atoms with Gasteiger partial charge in [-0.05, 0) is 48.9 Å². The number of anilines is 2. The number of nitrogens with zero attached hydrogens (tertiary/aromatic N) is 2. The lowest BCUT2D eigenvalue weighted by molar-refractivity contribution is 0.0928. The minimum absolute atomic E-state index is 0.150. The molecule has 1 aliphatic carbocycles. The van der Waals surface area contributed by atoms with Crippen LogP contribution < -0.4 is 20.3 Å². The fourth-order valence-electron chi connectivity index (χ4n) is 4.81. The zero-order valence-electron chi connectivity index (χ0n) is 20.7. The van der Waals surface area contributed by atoms with E-state index in [1.165, 1.54) is 12.6 Å². The molecule has 9 heteroatoms. The number of nitrogens with one attached hydrogen (secondary N) is 3.